The molecule has 0 radical (unpaired) electrons. The zero-order valence-corrected chi connectivity index (χ0v) is 10.8. The molecule has 0 saturated heterocycles. The van der Waals surface area contributed by atoms with Gasteiger partial charge in [-0.05, 0) is 12.1 Å². The van der Waals surface area contributed by atoms with E-state index in [0.717, 1.165) is 0 Å². The number of hydrogen-bond donors (Lipinski definition) is 2. The summed E-state index contributed by atoms with van der Waals surface area (Å²) in [6, 6.07) is 4.38. The van der Waals surface area contributed by atoms with E-state index in [4.69, 9.17) is 10.2 Å². The largest absolute Gasteiger partial charge is 0.463 e. The number of aromatic amines is 1. The molecule has 0 aliphatic carbocycles. The molecule has 0 aromatic carbocycles. The molecule has 0 amide bonds. The Balaban J connectivity index is 2.04. The second kappa shape index (κ2) is 5.61. The summed E-state index contributed by atoms with van der Waals surface area (Å²) in [6.07, 6.45) is 0. The Kier molecular flexibility index (Phi) is 3.91. The van der Waals surface area contributed by atoms with Gasteiger partial charge in [0.25, 0.3) is 5.56 Å². The number of carbonyl (C=O) groups excluding carboxylic acids is 1. The second-order valence-electron chi connectivity index (χ2n) is 3.52. The topological polar surface area (TPSA) is 111 Å². The summed E-state index contributed by atoms with van der Waals surface area (Å²) in [7, 11) is 1.28. The van der Waals surface area contributed by atoms with Crippen LogP contribution < -0.4 is 11.3 Å². The van der Waals surface area contributed by atoms with E-state index in [2.05, 4.69) is 14.7 Å². The highest BCUT2D eigenvalue weighted by molar-refractivity contribution is 7.98. The smallest absolute Gasteiger partial charge is 0.373 e. The molecular weight excluding hydrogens is 270 g/mol. The predicted octanol–water partition coefficient (Wildman–Crippen LogP) is 1.02. The number of anilines is 1. The normalized spacial score (nSPS) is 10.4. The first kappa shape index (κ1) is 13.2. The van der Waals surface area contributed by atoms with E-state index in [0.29, 0.717) is 16.7 Å². The molecule has 3 N–H and O–H groups in total. The number of esters is 1. The molecule has 0 atom stereocenters. The molecule has 7 nitrogen and oxygen atoms in total. The first-order valence-corrected chi connectivity index (χ1v) is 6.23. The minimum Gasteiger partial charge on any atom is -0.463 e. The molecule has 8 heteroatoms. The van der Waals surface area contributed by atoms with Crippen LogP contribution in [0, 0.1) is 0 Å². The number of furan rings is 1. The number of thioether (sulfide) groups is 1. The van der Waals surface area contributed by atoms with Gasteiger partial charge in [0.15, 0.2) is 5.16 Å². The summed E-state index contributed by atoms with van der Waals surface area (Å²) in [6.45, 7) is 0. The van der Waals surface area contributed by atoms with Gasteiger partial charge in [0, 0.05) is 6.07 Å². The maximum Gasteiger partial charge on any atom is 0.373 e. The SMILES string of the molecule is COC(=O)c1ccc(CSc2nc(N)cc(=O)[nH]2)o1. The molecule has 2 heterocycles. The molecule has 0 aliphatic heterocycles. The highest BCUT2D eigenvalue weighted by Crippen LogP contribution is 2.20. The van der Waals surface area contributed by atoms with Crippen molar-refractivity contribution in [2.24, 2.45) is 0 Å². The van der Waals surface area contributed by atoms with Crippen LogP contribution in [0.3, 0.4) is 0 Å². The van der Waals surface area contributed by atoms with Gasteiger partial charge in [0.05, 0.1) is 12.9 Å². The van der Waals surface area contributed by atoms with Crippen LogP contribution in [0.15, 0.2) is 32.6 Å². The van der Waals surface area contributed by atoms with Crippen LogP contribution in [0.25, 0.3) is 0 Å². The van der Waals surface area contributed by atoms with Gasteiger partial charge < -0.3 is 19.9 Å². The van der Waals surface area contributed by atoms with Gasteiger partial charge >= 0.3 is 5.97 Å². The third-order valence-corrected chi connectivity index (χ3v) is 3.03. The van der Waals surface area contributed by atoms with Crippen LogP contribution in [0.5, 0.6) is 0 Å². The molecule has 0 spiro atoms. The first-order chi connectivity index (χ1) is 9.08. The van der Waals surface area contributed by atoms with Crippen molar-refractivity contribution < 1.29 is 13.9 Å². The number of H-pyrrole nitrogens is 1. The van der Waals surface area contributed by atoms with Crippen LogP contribution in [0.4, 0.5) is 5.82 Å². The number of carbonyl (C=O) groups is 1. The van der Waals surface area contributed by atoms with Crippen LogP contribution in [0.2, 0.25) is 0 Å². The molecule has 19 heavy (non-hydrogen) atoms. The Morgan fingerprint density at radius 2 is 2.37 bits per heavy atom. The monoisotopic (exact) mass is 281 g/mol. The first-order valence-electron chi connectivity index (χ1n) is 5.25. The minimum atomic E-state index is -0.535. The van der Waals surface area contributed by atoms with Gasteiger partial charge in [-0.3, -0.25) is 4.79 Å². The summed E-state index contributed by atoms with van der Waals surface area (Å²) >= 11 is 1.24. The summed E-state index contributed by atoms with van der Waals surface area (Å²) in [5.41, 5.74) is 5.15. The maximum absolute atomic E-state index is 11.2. The molecule has 0 unspecified atom stereocenters. The number of nitrogens with two attached hydrogens (primary N) is 1. The van der Waals surface area contributed by atoms with Crippen LogP contribution >= 0.6 is 11.8 Å². The summed E-state index contributed by atoms with van der Waals surface area (Å²) < 4.78 is 9.80. The number of nitrogens with zero attached hydrogens (tertiary/aromatic N) is 1. The van der Waals surface area contributed by atoms with Crippen molar-refractivity contribution in [3.05, 3.63) is 40.1 Å². The van der Waals surface area contributed by atoms with Gasteiger partial charge in [-0.1, -0.05) is 11.8 Å². The van der Waals surface area contributed by atoms with Gasteiger partial charge in [-0.15, -0.1) is 0 Å². The lowest BCUT2D eigenvalue weighted by Crippen LogP contribution is -2.09. The number of rotatable bonds is 4. The Labute approximate surface area is 112 Å². The Bertz CT molecular complexity index is 649. The van der Waals surface area contributed by atoms with Crippen molar-refractivity contribution in [1.29, 1.82) is 0 Å². The fourth-order valence-corrected chi connectivity index (χ4v) is 2.10. The van der Waals surface area contributed by atoms with E-state index in [1.807, 2.05) is 0 Å². The van der Waals surface area contributed by atoms with Crippen molar-refractivity contribution in [2.75, 3.05) is 12.8 Å². The predicted molar refractivity (Wildman–Crippen MR) is 68.9 cm³/mol. The second-order valence-corrected chi connectivity index (χ2v) is 4.49. The Morgan fingerprint density at radius 1 is 1.58 bits per heavy atom. The quantitative estimate of drug-likeness (QED) is 0.489. The lowest BCUT2D eigenvalue weighted by Gasteiger charge is -1.99. The third-order valence-electron chi connectivity index (χ3n) is 2.14. The molecule has 2 aromatic heterocycles. The number of nitrogens with one attached hydrogen (secondary N) is 1. The lowest BCUT2D eigenvalue weighted by atomic mass is 10.4. The maximum atomic E-state index is 11.2. The van der Waals surface area contributed by atoms with E-state index in [1.54, 1.807) is 6.07 Å². The molecule has 100 valence electrons. The molecule has 2 aromatic rings. The molecule has 0 saturated carbocycles. The number of nitrogen functional groups attached to an aromatic ring is 1. The molecule has 0 aliphatic rings. The van der Waals surface area contributed by atoms with Gasteiger partial charge in [0.1, 0.15) is 11.6 Å². The number of methoxy groups -OCH3 is 1. The van der Waals surface area contributed by atoms with Crippen LogP contribution in [0.1, 0.15) is 16.3 Å². The molecule has 0 fully saturated rings. The number of aromatic nitrogens is 2. The van der Waals surface area contributed by atoms with Gasteiger partial charge in [-0.2, -0.15) is 0 Å². The van der Waals surface area contributed by atoms with Crippen molar-refractivity contribution in [1.82, 2.24) is 9.97 Å². The Hall–Kier alpha value is -2.22. The summed E-state index contributed by atoms with van der Waals surface area (Å²) in [5.74, 6) is 0.721. The standard InChI is InChI=1S/C11H11N3O4S/c1-17-10(16)7-3-2-6(18-7)5-19-11-13-8(12)4-9(15)14-11/h2-4H,5H2,1H3,(H3,12,13,14,15). The van der Waals surface area contributed by atoms with E-state index in [1.165, 1.54) is 31.0 Å². The fraction of sp³-hybridized carbons (Fsp3) is 0.182. The zero-order chi connectivity index (χ0) is 13.8. The number of ether oxygens (including phenoxy) is 1. The van der Waals surface area contributed by atoms with E-state index in [-0.39, 0.29) is 17.1 Å². The summed E-state index contributed by atoms with van der Waals surface area (Å²) in [4.78, 5) is 28.9. The van der Waals surface area contributed by atoms with Crippen molar-refractivity contribution in [3.63, 3.8) is 0 Å². The van der Waals surface area contributed by atoms with E-state index < -0.39 is 5.97 Å². The summed E-state index contributed by atoms with van der Waals surface area (Å²) in [5, 5.41) is 0.390. The van der Waals surface area contributed by atoms with E-state index in [9.17, 15) is 9.59 Å². The average Bonchev–Trinajstić information content (AvgIpc) is 2.83. The zero-order valence-electron chi connectivity index (χ0n) is 10.0. The van der Waals surface area contributed by atoms with Crippen LogP contribution in [-0.4, -0.2) is 23.0 Å². The molecule has 2 rings (SSSR count). The number of hydrogen-bond acceptors (Lipinski definition) is 7. The highest BCUT2D eigenvalue weighted by atomic mass is 32.2. The Morgan fingerprint density at radius 3 is 3.05 bits per heavy atom. The molecule has 0 bridgehead atoms. The third kappa shape index (κ3) is 3.38. The van der Waals surface area contributed by atoms with Crippen molar-refractivity contribution >= 4 is 23.5 Å². The van der Waals surface area contributed by atoms with Crippen LogP contribution in [-0.2, 0) is 10.5 Å². The lowest BCUT2D eigenvalue weighted by molar-refractivity contribution is 0.0563. The minimum absolute atomic E-state index is 0.132. The van der Waals surface area contributed by atoms with Gasteiger partial charge in [-0.25, -0.2) is 9.78 Å². The van der Waals surface area contributed by atoms with Gasteiger partial charge in [0.2, 0.25) is 5.76 Å². The fourth-order valence-electron chi connectivity index (χ4n) is 1.33. The molecular formula is C11H11N3O4S. The average molecular weight is 281 g/mol. The van der Waals surface area contributed by atoms with E-state index >= 15 is 0 Å². The highest BCUT2D eigenvalue weighted by Gasteiger charge is 2.11. The van der Waals surface area contributed by atoms with Crippen molar-refractivity contribution in [2.45, 2.75) is 10.9 Å². The van der Waals surface area contributed by atoms with Crippen molar-refractivity contribution in [3.8, 4) is 0 Å².